The lowest BCUT2D eigenvalue weighted by molar-refractivity contribution is -0.119. The molecule has 0 radical (unpaired) electrons. The first kappa shape index (κ1) is 22.1. The van der Waals surface area contributed by atoms with Crippen molar-refractivity contribution in [2.75, 3.05) is 5.75 Å². The molecule has 158 valence electrons. The van der Waals surface area contributed by atoms with Gasteiger partial charge in [-0.2, -0.15) is 0 Å². The number of amides is 1. The van der Waals surface area contributed by atoms with Gasteiger partial charge >= 0.3 is 0 Å². The normalized spacial score (nSPS) is 12.1. The molecular weight excluding hydrogens is 394 g/mol. The van der Waals surface area contributed by atoms with E-state index in [2.05, 4.69) is 43.2 Å². The Balaban J connectivity index is 1.74. The van der Waals surface area contributed by atoms with Crippen molar-refractivity contribution in [3.05, 3.63) is 69.5 Å². The number of carbonyl (C=O) groups is 1. The minimum absolute atomic E-state index is 0.0412. The summed E-state index contributed by atoms with van der Waals surface area (Å²) in [5.41, 5.74) is 4.16. The summed E-state index contributed by atoms with van der Waals surface area (Å²) in [6.07, 6.45) is 1.88. The maximum absolute atomic E-state index is 12.9. The number of nitrogens with zero attached hydrogens (tertiary/aromatic N) is 2. The molecule has 0 aliphatic heterocycles. The lowest BCUT2D eigenvalue weighted by Gasteiger charge is -2.16. The fourth-order valence-corrected chi connectivity index (χ4v) is 4.14. The van der Waals surface area contributed by atoms with Crippen molar-refractivity contribution in [1.29, 1.82) is 0 Å². The molecule has 0 aliphatic carbocycles. The molecule has 0 saturated heterocycles. The maximum atomic E-state index is 12.9. The first-order chi connectivity index (χ1) is 14.4. The summed E-state index contributed by atoms with van der Waals surface area (Å²) in [7, 11) is 0. The molecule has 6 heteroatoms. The number of thioether (sulfide) groups is 1. The molecule has 1 amide bonds. The van der Waals surface area contributed by atoms with Crippen LogP contribution in [-0.2, 0) is 11.3 Å². The number of hydrogen-bond donors (Lipinski definition) is 1. The molecule has 2 aromatic carbocycles. The van der Waals surface area contributed by atoms with Crippen LogP contribution in [-0.4, -0.2) is 21.2 Å². The molecule has 3 rings (SSSR count). The van der Waals surface area contributed by atoms with Crippen LogP contribution in [0.15, 0.2) is 52.4 Å². The van der Waals surface area contributed by atoms with Gasteiger partial charge in [-0.05, 0) is 56.0 Å². The second-order valence-corrected chi connectivity index (χ2v) is 8.59. The molecule has 0 aliphatic rings. The standard InChI is InChI=1S/C24H29N3O2S/c1-5-6-13-27-23(29)20-9-7-8-10-21(20)26-24(27)30-15-22(28)25-18(4)19-12-11-16(2)17(3)14-19/h7-12,14,18H,5-6,13,15H2,1-4H3,(H,25,28)/t18-/m1/s1. The summed E-state index contributed by atoms with van der Waals surface area (Å²) in [4.78, 5) is 30.2. The molecular formula is C24H29N3O2S. The quantitative estimate of drug-likeness (QED) is 0.418. The van der Waals surface area contributed by atoms with Gasteiger partial charge in [0.05, 0.1) is 22.7 Å². The smallest absolute Gasteiger partial charge is 0.262 e. The van der Waals surface area contributed by atoms with E-state index >= 15 is 0 Å². The second-order valence-electron chi connectivity index (χ2n) is 7.64. The lowest BCUT2D eigenvalue weighted by atomic mass is 10.0. The molecule has 30 heavy (non-hydrogen) atoms. The van der Waals surface area contributed by atoms with E-state index in [-0.39, 0.29) is 23.3 Å². The van der Waals surface area contributed by atoms with Crippen molar-refractivity contribution < 1.29 is 4.79 Å². The van der Waals surface area contributed by atoms with Gasteiger partial charge in [-0.25, -0.2) is 4.98 Å². The Morgan fingerprint density at radius 1 is 1.17 bits per heavy atom. The Morgan fingerprint density at radius 2 is 1.93 bits per heavy atom. The van der Waals surface area contributed by atoms with Crippen molar-refractivity contribution in [1.82, 2.24) is 14.9 Å². The Bertz CT molecular complexity index is 1110. The number of nitrogens with one attached hydrogen (secondary N) is 1. The molecule has 0 fully saturated rings. The molecule has 0 spiro atoms. The monoisotopic (exact) mass is 423 g/mol. The Labute approximate surface area is 181 Å². The molecule has 1 aromatic heterocycles. The van der Waals surface area contributed by atoms with Crippen LogP contribution in [0.5, 0.6) is 0 Å². The van der Waals surface area contributed by atoms with Crippen molar-refractivity contribution >= 4 is 28.6 Å². The van der Waals surface area contributed by atoms with Gasteiger partial charge in [0.1, 0.15) is 0 Å². The molecule has 5 nitrogen and oxygen atoms in total. The van der Waals surface area contributed by atoms with E-state index in [0.717, 1.165) is 18.4 Å². The number of aromatic nitrogens is 2. The number of unbranched alkanes of at least 4 members (excludes halogenated alkanes) is 1. The van der Waals surface area contributed by atoms with Gasteiger partial charge in [0.2, 0.25) is 5.91 Å². The van der Waals surface area contributed by atoms with Gasteiger partial charge in [-0.1, -0.05) is 55.4 Å². The van der Waals surface area contributed by atoms with Crippen LogP contribution in [0.3, 0.4) is 0 Å². The highest BCUT2D eigenvalue weighted by Gasteiger charge is 2.15. The minimum atomic E-state index is -0.0794. The predicted molar refractivity (Wildman–Crippen MR) is 124 cm³/mol. The van der Waals surface area contributed by atoms with Crippen LogP contribution >= 0.6 is 11.8 Å². The SMILES string of the molecule is CCCCn1c(SCC(=O)N[C@H](C)c2ccc(C)c(C)c2)nc2ccccc2c1=O. The molecule has 1 heterocycles. The summed E-state index contributed by atoms with van der Waals surface area (Å²) in [6, 6.07) is 13.5. The lowest BCUT2D eigenvalue weighted by Crippen LogP contribution is -2.29. The van der Waals surface area contributed by atoms with E-state index < -0.39 is 0 Å². The number of carbonyl (C=O) groups excluding carboxylic acids is 1. The molecule has 1 atom stereocenters. The first-order valence-electron chi connectivity index (χ1n) is 10.4. The fourth-order valence-electron chi connectivity index (χ4n) is 3.30. The average Bonchev–Trinajstić information content (AvgIpc) is 2.73. The first-order valence-corrected chi connectivity index (χ1v) is 11.4. The third-order valence-electron chi connectivity index (χ3n) is 5.30. The highest BCUT2D eigenvalue weighted by Crippen LogP contribution is 2.20. The summed E-state index contributed by atoms with van der Waals surface area (Å²) in [5, 5.41) is 4.27. The van der Waals surface area contributed by atoms with Gasteiger partial charge < -0.3 is 5.32 Å². The molecule has 0 saturated carbocycles. The predicted octanol–water partition coefficient (Wildman–Crippen LogP) is 4.78. The summed E-state index contributed by atoms with van der Waals surface area (Å²) >= 11 is 1.32. The summed E-state index contributed by atoms with van der Waals surface area (Å²) < 4.78 is 1.70. The van der Waals surface area contributed by atoms with E-state index in [0.29, 0.717) is 22.6 Å². The van der Waals surface area contributed by atoms with Gasteiger partial charge in [0.15, 0.2) is 5.16 Å². The number of para-hydroxylation sites is 1. The Morgan fingerprint density at radius 3 is 2.67 bits per heavy atom. The van der Waals surface area contributed by atoms with E-state index in [1.165, 1.54) is 22.9 Å². The Hall–Kier alpha value is -2.60. The molecule has 1 N–H and O–H groups in total. The van der Waals surface area contributed by atoms with Gasteiger partial charge in [0, 0.05) is 6.54 Å². The zero-order valence-electron chi connectivity index (χ0n) is 18.1. The number of benzene rings is 2. The van der Waals surface area contributed by atoms with Crippen LogP contribution in [0.2, 0.25) is 0 Å². The number of rotatable bonds is 8. The highest BCUT2D eigenvalue weighted by molar-refractivity contribution is 7.99. The van der Waals surface area contributed by atoms with Crippen molar-refractivity contribution in [3.8, 4) is 0 Å². The third kappa shape index (κ3) is 5.11. The molecule has 3 aromatic rings. The van der Waals surface area contributed by atoms with Gasteiger partial charge in [-0.15, -0.1) is 0 Å². The van der Waals surface area contributed by atoms with Crippen LogP contribution in [0.1, 0.15) is 49.4 Å². The number of hydrogen-bond acceptors (Lipinski definition) is 4. The van der Waals surface area contributed by atoms with Crippen LogP contribution in [0, 0.1) is 13.8 Å². The van der Waals surface area contributed by atoms with Crippen molar-refractivity contribution in [3.63, 3.8) is 0 Å². The van der Waals surface area contributed by atoms with Gasteiger partial charge in [0.25, 0.3) is 5.56 Å². The summed E-state index contributed by atoms with van der Waals surface area (Å²) in [5.74, 6) is 0.140. The van der Waals surface area contributed by atoms with E-state index in [1.807, 2.05) is 31.2 Å². The zero-order chi connectivity index (χ0) is 21.7. The second kappa shape index (κ2) is 9.94. The van der Waals surface area contributed by atoms with Crippen LogP contribution < -0.4 is 10.9 Å². The van der Waals surface area contributed by atoms with E-state index in [9.17, 15) is 9.59 Å². The van der Waals surface area contributed by atoms with Gasteiger partial charge in [-0.3, -0.25) is 14.2 Å². The van der Waals surface area contributed by atoms with E-state index in [1.54, 1.807) is 10.6 Å². The Kier molecular flexibility index (Phi) is 7.32. The minimum Gasteiger partial charge on any atom is -0.349 e. The van der Waals surface area contributed by atoms with Crippen LogP contribution in [0.25, 0.3) is 10.9 Å². The van der Waals surface area contributed by atoms with Crippen LogP contribution in [0.4, 0.5) is 0 Å². The zero-order valence-corrected chi connectivity index (χ0v) is 18.9. The maximum Gasteiger partial charge on any atom is 0.262 e. The fraction of sp³-hybridized carbons (Fsp3) is 0.375. The largest absolute Gasteiger partial charge is 0.349 e. The van der Waals surface area contributed by atoms with Crippen molar-refractivity contribution in [2.45, 2.75) is 58.3 Å². The topological polar surface area (TPSA) is 64.0 Å². The number of aryl methyl sites for hydroxylation is 2. The number of fused-ring (bicyclic) bond motifs is 1. The molecule has 0 bridgehead atoms. The third-order valence-corrected chi connectivity index (χ3v) is 6.28. The molecule has 0 unspecified atom stereocenters. The average molecular weight is 424 g/mol. The van der Waals surface area contributed by atoms with Crippen molar-refractivity contribution in [2.24, 2.45) is 0 Å². The summed E-state index contributed by atoms with van der Waals surface area (Å²) in [6.45, 7) is 8.83. The highest BCUT2D eigenvalue weighted by atomic mass is 32.2. The van der Waals surface area contributed by atoms with E-state index in [4.69, 9.17) is 0 Å².